The molecule has 1 aromatic heterocycles. The summed E-state index contributed by atoms with van der Waals surface area (Å²) in [6.07, 6.45) is 4.59. The molecule has 1 aromatic rings. The van der Waals surface area contributed by atoms with Gasteiger partial charge in [-0.05, 0) is 44.7 Å². The minimum Gasteiger partial charge on any atom is -0.389 e. The number of amides is 1. The number of aromatic amines is 1. The van der Waals surface area contributed by atoms with Crippen molar-refractivity contribution in [1.82, 2.24) is 9.88 Å². The first-order valence-electron chi connectivity index (χ1n) is 8.13. The van der Waals surface area contributed by atoms with E-state index in [0.717, 1.165) is 36.9 Å². The summed E-state index contributed by atoms with van der Waals surface area (Å²) in [6, 6.07) is 1.83. The van der Waals surface area contributed by atoms with E-state index in [2.05, 4.69) is 4.98 Å². The molecule has 1 saturated carbocycles. The molecule has 120 valence electrons. The monoisotopic (exact) mass is 304 g/mol. The van der Waals surface area contributed by atoms with E-state index in [1.165, 1.54) is 0 Å². The highest BCUT2D eigenvalue weighted by atomic mass is 16.3. The van der Waals surface area contributed by atoms with E-state index in [1.807, 2.05) is 13.0 Å². The summed E-state index contributed by atoms with van der Waals surface area (Å²) in [5, 5.41) is 10.7. The van der Waals surface area contributed by atoms with Gasteiger partial charge in [-0.2, -0.15) is 0 Å². The predicted octanol–water partition coefficient (Wildman–Crippen LogP) is 1.76. The fourth-order valence-electron chi connectivity index (χ4n) is 4.03. The normalized spacial score (nSPS) is 28.3. The first kappa shape index (κ1) is 15.3. The van der Waals surface area contributed by atoms with Crippen molar-refractivity contribution in [1.29, 1.82) is 0 Å². The number of aliphatic hydroxyl groups is 1. The molecule has 5 heteroatoms. The average molecular weight is 304 g/mol. The molecule has 2 aliphatic rings. The predicted molar refractivity (Wildman–Crippen MR) is 84.0 cm³/mol. The molecule has 3 rings (SSSR count). The van der Waals surface area contributed by atoms with E-state index < -0.39 is 5.60 Å². The molecule has 2 N–H and O–H groups in total. The topological polar surface area (TPSA) is 73.4 Å². The lowest BCUT2D eigenvalue weighted by Crippen LogP contribution is -2.55. The lowest BCUT2D eigenvalue weighted by Gasteiger charge is -2.47. The molecule has 1 aliphatic carbocycles. The van der Waals surface area contributed by atoms with Crippen molar-refractivity contribution in [2.24, 2.45) is 5.92 Å². The second kappa shape index (κ2) is 5.54. The number of aryl methyl sites for hydroxylation is 2. The van der Waals surface area contributed by atoms with Crippen molar-refractivity contribution in [2.45, 2.75) is 51.6 Å². The zero-order chi connectivity index (χ0) is 15.9. The molecule has 0 spiro atoms. The van der Waals surface area contributed by atoms with Gasteiger partial charge in [0.2, 0.25) is 0 Å². The molecule has 0 aromatic carbocycles. The standard InChI is InChI=1S/C17H24N2O3/c1-11-9-12(2)18-15(20)14(11)16(21)19-8-7-17(22)6-4-3-5-13(17)10-19/h9,13,22H,3-8,10H2,1-2H3,(H,18,20)/t13-,17+/m1/s1. The van der Waals surface area contributed by atoms with Gasteiger partial charge in [-0.25, -0.2) is 0 Å². The summed E-state index contributed by atoms with van der Waals surface area (Å²) in [5.41, 5.74) is 0.804. The first-order chi connectivity index (χ1) is 10.4. The van der Waals surface area contributed by atoms with Crippen LogP contribution in [0.15, 0.2) is 10.9 Å². The lowest BCUT2D eigenvalue weighted by atomic mass is 9.71. The van der Waals surface area contributed by atoms with Gasteiger partial charge in [0.15, 0.2) is 0 Å². The lowest BCUT2D eigenvalue weighted by molar-refractivity contribution is -0.0886. The van der Waals surface area contributed by atoms with Crippen molar-refractivity contribution >= 4 is 5.91 Å². The number of fused-ring (bicyclic) bond motifs is 1. The van der Waals surface area contributed by atoms with Gasteiger partial charge in [-0.15, -0.1) is 0 Å². The van der Waals surface area contributed by atoms with Crippen LogP contribution in [0.2, 0.25) is 0 Å². The Morgan fingerprint density at radius 3 is 2.86 bits per heavy atom. The molecule has 2 heterocycles. The molecule has 0 unspecified atom stereocenters. The van der Waals surface area contributed by atoms with Gasteiger partial charge in [-0.3, -0.25) is 9.59 Å². The minimum absolute atomic E-state index is 0.142. The number of pyridine rings is 1. The van der Waals surface area contributed by atoms with Gasteiger partial charge in [0, 0.05) is 24.7 Å². The first-order valence-corrected chi connectivity index (χ1v) is 8.13. The summed E-state index contributed by atoms with van der Waals surface area (Å²) < 4.78 is 0. The van der Waals surface area contributed by atoms with Crippen LogP contribution in [-0.4, -0.2) is 39.6 Å². The number of carbonyl (C=O) groups excluding carboxylic acids is 1. The van der Waals surface area contributed by atoms with Crippen LogP contribution in [-0.2, 0) is 0 Å². The average Bonchev–Trinajstić information content (AvgIpc) is 2.45. The van der Waals surface area contributed by atoms with Crippen LogP contribution in [0.3, 0.4) is 0 Å². The maximum Gasteiger partial charge on any atom is 0.261 e. The number of likely N-dealkylation sites (tertiary alicyclic amines) is 1. The fourth-order valence-corrected chi connectivity index (χ4v) is 4.03. The number of rotatable bonds is 1. The zero-order valence-corrected chi connectivity index (χ0v) is 13.3. The van der Waals surface area contributed by atoms with Gasteiger partial charge in [0.25, 0.3) is 11.5 Å². The number of aromatic nitrogens is 1. The third kappa shape index (κ3) is 2.58. The van der Waals surface area contributed by atoms with Crippen LogP contribution in [0.4, 0.5) is 0 Å². The second-order valence-corrected chi connectivity index (χ2v) is 6.89. The van der Waals surface area contributed by atoms with E-state index in [9.17, 15) is 14.7 Å². The van der Waals surface area contributed by atoms with Crippen molar-refractivity contribution in [2.75, 3.05) is 13.1 Å². The number of carbonyl (C=O) groups is 1. The van der Waals surface area contributed by atoms with Gasteiger partial charge in [-0.1, -0.05) is 12.8 Å². The number of piperidine rings is 1. The van der Waals surface area contributed by atoms with Gasteiger partial charge >= 0.3 is 0 Å². The molecular formula is C17H24N2O3. The summed E-state index contributed by atoms with van der Waals surface area (Å²) in [5.74, 6) is -0.0600. The van der Waals surface area contributed by atoms with Crippen LogP contribution in [0, 0.1) is 19.8 Å². The molecule has 1 amide bonds. The third-order valence-corrected chi connectivity index (χ3v) is 5.29. The highest BCUT2D eigenvalue weighted by molar-refractivity contribution is 5.95. The molecule has 5 nitrogen and oxygen atoms in total. The van der Waals surface area contributed by atoms with Crippen LogP contribution in [0.1, 0.15) is 53.7 Å². The van der Waals surface area contributed by atoms with Crippen LogP contribution in [0.25, 0.3) is 0 Å². The van der Waals surface area contributed by atoms with E-state index in [4.69, 9.17) is 0 Å². The van der Waals surface area contributed by atoms with E-state index >= 15 is 0 Å². The number of nitrogens with zero attached hydrogens (tertiary/aromatic N) is 1. The largest absolute Gasteiger partial charge is 0.389 e. The van der Waals surface area contributed by atoms with E-state index in [1.54, 1.807) is 11.8 Å². The third-order valence-electron chi connectivity index (χ3n) is 5.29. The number of hydrogen-bond donors (Lipinski definition) is 2. The zero-order valence-electron chi connectivity index (χ0n) is 13.3. The Morgan fingerprint density at radius 2 is 2.14 bits per heavy atom. The smallest absolute Gasteiger partial charge is 0.261 e. The van der Waals surface area contributed by atoms with Crippen LogP contribution >= 0.6 is 0 Å². The van der Waals surface area contributed by atoms with Gasteiger partial charge < -0.3 is 15.0 Å². The maximum atomic E-state index is 12.8. The Morgan fingerprint density at radius 1 is 1.36 bits per heavy atom. The number of nitrogens with one attached hydrogen (secondary N) is 1. The Hall–Kier alpha value is -1.62. The summed E-state index contributed by atoms with van der Waals surface area (Å²) in [4.78, 5) is 29.4. The fraction of sp³-hybridized carbons (Fsp3) is 0.647. The summed E-state index contributed by atoms with van der Waals surface area (Å²) in [7, 11) is 0. The molecule has 0 bridgehead atoms. The van der Waals surface area contributed by atoms with Crippen LogP contribution in [0.5, 0.6) is 0 Å². The molecule has 1 saturated heterocycles. The number of H-pyrrole nitrogens is 1. The van der Waals surface area contributed by atoms with Crippen molar-refractivity contribution in [3.63, 3.8) is 0 Å². The Bertz CT molecular complexity index is 652. The van der Waals surface area contributed by atoms with Crippen molar-refractivity contribution in [3.8, 4) is 0 Å². The minimum atomic E-state index is -0.607. The van der Waals surface area contributed by atoms with Gasteiger partial charge in [0.05, 0.1) is 5.60 Å². The molecule has 0 radical (unpaired) electrons. The SMILES string of the molecule is Cc1cc(C)c(C(=O)N2CC[C@@]3(O)CCCC[C@@H]3C2)c(=O)[nH]1. The van der Waals surface area contributed by atoms with E-state index in [0.29, 0.717) is 19.5 Å². The molecule has 2 fully saturated rings. The second-order valence-electron chi connectivity index (χ2n) is 6.89. The van der Waals surface area contributed by atoms with Crippen molar-refractivity contribution < 1.29 is 9.90 Å². The summed E-state index contributed by atoms with van der Waals surface area (Å²) >= 11 is 0. The Kier molecular flexibility index (Phi) is 3.85. The Labute approximate surface area is 130 Å². The summed E-state index contributed by atoms with van der Waals surface area (Å²) in [6.45, 7) is 4.70. The molecule has 1 aliphatic heterocycles. The van der Waals surface area contributed by atoms with Crippen LogP contribution < -0.4 is 5.56 Å². The van der Waals surface area contributed by atoms with Crippen molar-refractivity contribution in [3.05, 3.63) is 33.2 Å². The quantitative estimate of drug-likeness (QED) is 0.830. The molecule has 2 atom stereocenters. The van der Waals surface area contributed by atoms with Gasteiger partial charge in [0.1, 0.15) is 5.56 Å². The molecular weight excluding hydrogens is 280 g/mol. The van der Waals surface area contributed by atoms with E-state index in [-0.39, 0.29) is 22.9 Å². The highest BCUT2D eigenvalue weighted by Crippen LogP contribution is 2.39. The highest BCUT2D eigenvalue weighted by Gasteiger charge is 2.44. The molecule has 22 heavy (non-hydrogen) atoms. The Balaban J connectivity index is 1.84. The number of hydrogen-bond acceptors (Lipinski definition) is 3. The maximum absolute atomic E-state index is 12.8.